The first-order chi connectivity index (χ1) is 15.8. The second-order valence-electron chi connectivity index (χ2n) is 7.81. The van der Waals surface area contributed by atoms with E-state index in [1.165, 1.54) is 6.07 Å². The van der Waals surface area contributed by atoms with Crippen LogP contribution in [0.3, 0.4) is 0 Å². The van der Waals surface area contributed by atoms with Crippen LogP contribution in [0, 0.1) is 18.3 Å². The van der Waals surface area contributed by atoms with Crippen LogP contribution in [0.4, 0.5) is 5.82 Å². The van der Waals surface area contributed by atoms with Gasteiger partial charge in [-0.1, -0.05) is 24.3 Å². The molecule has 0 aliphatic rings. The van der Waals surface area contributed by atoms with Gasteiger partial charge in [-0.2, -0.15) is 9.98 Å². The topological polar surface area (TPSA) is 113 Å². The van der Waals surface area contributed by atoms with Crippen LogP contribution in [0.2, 0.25) is 0 Å². The lowest BCUT2D eigenvalue weighted by Crippen LogP contribution is -2.24. The zero-order valence-electron chi connectivity index (χ0n) is 18.6. The number of fused-ring (bicyclic) bond motifs is 1. The van der Waals surface area contributed by atoms with Crippen LogP contribution in [0.5, 0.6) is 0 Å². The molecule has 0 aliphatic heterocycles. The maximum Gasteiger partial charge on any atom is 0.241 e. The van der Waals surface area contributed by atoms with Crippen molar-refractivity contribution in [2.75, 3.05) is 11.9 Å². The zero-order valence-corrected chi connectivity index (χ0v) is 19.4. The first-order valence-corrected chi connectivity index (χ1v) is 11.9. The van der Waals surface area contributed by atoms with Crippen LogP contribution in [-0.2, 0) is 17.1 Å². The quantitative estimate of drug-likeness (QED) is 0.404. The molecule has 0 amide bonds. The van der Waals surface area contributed by atoms with E-state index in [1.807, 2.05) is 45.3 Å². The second kappa shape index (κ2) is 9.02. The summed E-state index contributed by atoms with van der Waals surface area (Å²) in [5.41, 5.74) is 3.69. The van der Waals surface area contributed by atoms with E-state index >= 15 is 0 Å². The van der Waals surface area contributed by atoms with E-state index in [-0.39, 0.29) is 17.5 Å². The molecule has 0 radical (unpaired) electrons. The Morgan fingerprint density at radius 1 is 1.12 bits per heavy atom. The Morgan fingerprint density at radius 3 is 2.73 bits per heavy atom. The predicted molar refractivity (Wildman–Crippen MR) is 128 cm³/mol. The standard InChI is InChI=1S/C24H24N6O2S/c1-16(19-5-4-6-21(13-19)33(31,32)26-11-10-25)27-24-15-22(28-17(2)29-24)20-8-7-18-9-12-30(3)23(18)14-20/h4-9,12-16,26H,11H2,1-3H3,(H,27,28,29). The van der Waals surface area contributed by atoms with E-state index in [2.05, 4.69) is 42.8 Å². The lowest BCUT2D eigenvalue weighted by molar-refractivity contribution is 0.585. The molecule has 33 heavy (non-hydrogen) atoms. The molecule has 4 rings (SSSR count). The highest BCUT2D eigenvalue weighted by Gasteiger charge is 2.16. The number of aromatic nitrogens is 3. The van der Waals surface area contributed by atoms with Gasteiger partial charge in [0.15, 0.2) is 0 Å². The Balaban J connectivity index is 1.61. The van der Waals surface area contributed by atoms with Crippen molar-refractivity contribution in [2.45, 2.75) is 24.8 Å². The molecule has 0 saturated carbocycles. The molecule has 2 aromatic carbocycles. The molecule has 1 unspecified atom stereocenters. The largest absolute Gasteiger partial charge is 0.363 e. The van der Waals surface area contributed by atoms with Gasteiger partial charge in [-0.25, -0.2) is 18.4 Å². The average Bonchev–Trinajstić information content (AvgIpc) is 3.17. The number of nitrogens with one attached hydrogen (secondary N) is 2. The third-order valence-electron chi connectivity index (χ3n) is 5.40. The minimum Gasteiger partial charge on any atom is -0.363 e. The van der Waals surface area contributed by atoms with Crippen LogP contribution in [-0.4, -0.2) is 29.5 Å². The van der Waals surface area contributed by atoms with Crippen molar-refractivity contribution in [3.63, 3.8) is 0 Å². The van der Waals surface area contributed by atoms with E-state index in [0.29, 0.717) is 11.6 Å². The van der Waals surface area contributed by atoms with Gasteiger partial charge in [0.2, 0.25) is 10.0 Å². The highest BCUT2D eigenvalue weighted by atomic mass is 32.2. The number of hydrogen-bond donors (Lipinski definition) is 2. The van der Waals surface area contributed by atoms with Crippen LogP contribution in [0.15, 0.2) is 65.7 Å². The Bertz CT molecular complexity index is 1470. The van der Waals surface area contributed by atoms with E-state index in [0.717, 1.165) is 27.7 Å². The van der Waals surface area contributed by atoms with Crippen LogP contribution in [0.1, 0.15) is 24.4 Å². The van der Waals surface area contributed by atoms with E-state index in [1.54, 1.807) is 18.2 Å². The Hall–Kier alpha value is -3.74. The Morgan fingerprint density at radius 2 is 1.94 bits per heavy atom. The van der Waals surface area contributed by atoms with Gasteiger partial charge < -0.3 is 9.88 Å². The molecule has 0 aliphatic carbocycles. The molecule has 0 saturated heterocycles. The lowest BCUT2D eigenvalue weighted by atomic mass is 10.1. The van der Waals surface area contributed by atoms with Gasteiger partial charge in [0, 0.05) is 36.4 Å². The summed E-state index contributed by atoms with van der Waals surface area (Å²) in [5.74, 6) is 1.28. The van der Waals surface area contributed by atoms with Crippen molar-refractivity contribution < 1.29 is 8.42 Å². The fraction of sp³-hybridized carbons (Fsp3) is 0.208. The van der Waals surface area contributed by atoms with Crippen molar-refractivity contribution in [1.82, 2.24) is 19.3 Å². The van der Waals surface area contributed by atoms with Gasteiger partial charge in [-0.3, -0.25) is 0 Å². The summed E-state index contributed by atoms with van der Waals surface area (Å²) in [5, 5.41) is 13.2. The van der Waals surface area contributed by atoms with Gasteiger partial charge >= 0.3 is 0 Å². The normalized spacial score (nSPS) is 12.4. The molecule has 2 N–H and O–H groups in total. The number of anilines is 1. The highest BCUT2D eigenvalue weighted by molar-refractivity contribution is 7.89. The number of rotatable bonds is 7. The lowest BCUT2D eigenvalue weighted by Gasteiger charge is -2.17. The third-order valence-corrected chi connectivity index (χ3v) is 6.79. The monoisotopic (exact) mass is 460 g/mol. The number of aryl methyl sites for hydroxylation is 2. The number of nitriles is 1. The molecule has 9 heteroatoms. The number of hydrogen-bond acceptors (Lipinski definition) is 6. The number of benzene rings is 2. The van der Waals surface area contributed by atoms with Gasteiger partial charge in [-0.15, -0.1) is 0 Å². The maximum atomic E-state index is 12.4. The summed E-state index contributed by atoms with van der Waals surface area (Å²) in [6.07, 6.45) is 2.03. The molecule has 168 valence electrons. The van der Waals surface area contributed by atoms with Crippen molar-refractivity contribution in [2.24, 2.45) is 7.05 Å². The van der Waals surface area contributed by atoms with Crippen molar-refractivity contribution in [3.8, 4) is 17.3 Å². The molecule has 4 aromatic rings. The Kier molecular flexibility index (Phi) is 6.14. The minimum atomic E-state index is -3.75. The number of nitrogens with zero attached hydrogens (tertiary/aromatic N) is 4. The van der Waals surface area contributed by atoms with Crippen LogP contribution in [0.25, 0.3) is 22.2 Å². The van der Waals surface area contributed by atoms with Gasteiger partial charge in [0.05, 0.1) is 23.2 Å². The molecule has 0 spiro atoms. The molecule has 0 fully saturated rings. The second-order valence-corrected chi connectivity index (χ2v) is 9.57. The molecule has 2 heterocycles. The predicted octanol–water partition coefficient (Wildman–Crippen LogP) is 3.92. The fourth-order valence-electron chi connectivity index (χ4n) is 3.68. The fourth-order valence-corrected chi connectivity index (χ4v) is 4.65. The van der Waals surface area contributed by atoms with Crippen LogP contribution >= 0.6 is 0 Å². The average molecular weight is 461 g/mol. The van der Waals surface area contributed by atoms with Crippen molar-refractivity contribution in [3.05, 3.63) is 72.2 Å². The summed E-state index contributed by atoms with van der Waals surface area (Å²) in [6, 6.07) is 18.4. The minimum absolute atomic E-state index is 0.110. The van der Waals surface area contributed by atoms with E-state index in [4.69, 9.17) is 5.26 Å². The molecule has 8 nitrogen and oxygen atoms in total. The summed E-state index contributed by atoms with van der Waals surface area (Å²) in [4.78, 5) is 9.23. The van der Waals surface area contributed by atoms with Crippen molar-refractivity contribution >= 4 is 26.7 Å². The number of sulfonamides is 1. The maximum absolute atomic E-state index is 12.4. The van der Waals surface area contributed by atoms with Crippen molar-refractivity contribution in [1.29, 1.82) is 5.26 Å². The first kappa shape index (κ1) is 22.5. The Labute approximate surface area is 193 Å². The SMILES string of the molecule is Cc1nc(NC(C)c2cccc(S(=O)(=O)NCC#N)c2)cc(-c2ccc3ccn(C)c3c2)n1. The molecule has 1 atom stereocenters. The summed E-state index contributed by atoms with van der Waals surface area (Å²) in [6.45, 7) is 3.49. The van der Waals surface area contributed by atoms with E-state index < -0.39 is 10.0 Å². The molecule has 2 aromatic heterocycles. The molecular formula is C24H24N6O2S. The van der Waals surface area contributed by atoms with E-state index in [9.17, 15) is 8.42 Å². The highest BCUT2D eigenvalue weighted by Crippen LogP contribution is 2.27. The zero-order chi connectivity index (χ0) is 23.6. The smallest absolute Gasteiger partial charge is 0.241 e. The van der Waals surface area contributed by atoms with Gasteiger partial charge in [0.25, 0.3) is 0 Å². The summed E-state index contributed by atoms with van der Waals surface area (Å²) >= 11 is 0. The first-order valence-electron chi connectivity index (χ1n) is 10.4. The molecular weight excluding hydrogens is 436 g/mol. The summed E-state index contributed by atoms with van der Waals surface area (Å²) in [7, 11) is -1.74. The van der Waals surface area contributed by atoms with Gasteiger partial charge in [0.1, 0.15) is 11.6 Å². The van der Waals surface area contributed by atoms with Gasteiger partial charge in [-0.05, 0) is 49.1 Å². The summed E-state index contributed by atoms with van der Waals surface area (Å²) < 4.78 is 29.1. The van der Waals surface area contributed by atoms with Crippen LogP contribution < -0.4 is 10.0 Å². The third kappa shape index (κ3) is 4.87. The molecule has 0 bridgehead atoms.